The smallest absolute Gasteiger partial charge is 0.336 e. The van der Waals surface area contributed by atoms with Crippen LogP contribution in [0, 0.1) is 6.92 Å². The Labute approximate surface area is 82.5 Å². The Bertz CT molecular complexity index is 350. The summed E-state index contributed by atoms with van der Waals surface area (Å²) in [7, 11) is 0. The SMILES string of the molecule is Cc1ccc([C@H](N)CN)c(C(=O)O)c1. The normalized spacial score (nSPS) is 12.5. The summed E-state index contributed by atoms with van der Waals surface area (Å²) in [6.45, 7) is 2.08. The number of carboxylic acids is 1. The Morgan fingerprint density at radius 3 is 2.71 bits per heavy atom. The fourth-order valence-electron chi connectivity index (χ4n) is 1.31. The fraction of sp³-hybridized carbons (Fsp3) is 0.300. The Balaban J connectivity index is 3.21. The molecule has 0 aliphatic rings. The molecule has 1 aromatic rings. The molecular formula is C10H14N2O2. The molecule has 0 aliphatic carbocycles. The molecule has 0 bridgehead atoms. The van der Waals surface area contributed by atoms with Gasteiger partial charge in [-0.2, -0.15) is 0 Å². The first-order chi connectivity index (χ1) is 6.56. The molecule has 4 nitrogen and oxygen atoms in total. The van der Waals surface area contributed by atoms with E-state index < -0.39 is 12.0 Å². The molecule has 1 atom stereocenters. The lowest BCUT2D eigenvalue weighted by Crippen LogP contribution is -2.23. The van der Waals surface area contributed by atoms with Crippen LogP contribution in [0.4, 0.5) is 0 Å². The Morgan fingerprint density at radius 1 is 1.57 bits per heavy atom. The summed E-state index contributed by atoms with van der Waals surface area (Å²) in [5.74, 6) is -0.965. The average Bonchev–Trinajstić information content (AvgIpc) is 2.16. The Kier molecular flexibility index (Phi) is 3.22. The van der Waals surface area contributed by atoms with Gasteiger partial charge < -0.3 is 16.6 Å². The van der Waals surface area contributed by atoms with Crippen LogP contribution in [0.3, 0.4) is 0 Å². The summed E-state index contributed by atoms with van der Waals surface area (Å²) in [6.07, 6.45) is 0. The molecule has 5 N–H and O–H groups in total. The number of rotatable bonds is 3. The van der Waals surface area contributed by atoms with E-state index in [0.29, 0.717) is 5.56 Å². The lowest BCUT2D eigenvalue weighted by Gasteiger charge is -2.12. The van der Waals surface area contributed by atoms with Gasteiger partial charge in [0.25, 0.3) is 0 Å². The van der Waals surface area contributed by atoms with E-state index in [1.807, 2.05) is 13.0 Å². The summed E-state index contributed by atoms with van der Waals surface area (Å²) in [6, 6.07) is 4.74. The van der Waals surface area contributed by atoms with Crippen LogP contribution >= 0.6 is 0 Å². The topological polar surface area (TPSA) is 89.3 Å². The molecule has 0 saturated heterocycles. The molecule has 0 fully saturated rings. The molecule has 0 unspecified atom stereocenters. The van der Waals surface area contributed by atoms with Crippen molar-refractivity contribution in [3.05, 3.63) is 34.9 Å². The van der Waals surface area contributed by atoms with Crippen LogP contribution < -0.4 is 11.5 Å². The van der Waals surface area contributed by atoms with Crippen LogP contribution in [-0.4, -0.2) is 17.6 Å². The third-order valence-electron chi connectivity index (χ3n) is 2.09. The summed E-state index contributed by atoms with van der Waals surface area (Å²) < 4.78 is 0. The number of aromatic carboxylic acids is 1. The highest BCUT2D eigenvalue weighted by Gasteiger charge is 2.14. The van der Waals surface area contributed by atoms with E-state index in [2.05, 4.69) is 0 Å². The van der Waals surface area contributed by atoms with E-state index in [9.17, 15) is 4.79 Å². The highest BCUT2D eigenvalue weighted by Crippen LogP contribution is 2.17. The molecule has 0 amide bonds. The van der Waals surface area contributed by atoms with Crippen LogP contribution in [0.15, 0.2) is 18.2 Å². The van der Waals surface area contributed by atoms with Crippen LogP contribution in [-0.2, 0) is 0 Å². The van der Waals surface area contributed by atoms with Crippen molar-refractivity contribution in [3.8, 4) is 0 Å². The third-order valence-corrected chi connectivity index (χ3v) is 2.09. The van der Waals surface area contributed by atoms with Gasteiger partial charge in [-0.3, -0.25) is 0 Å². The first kappa shape index (κ1) is 10.7. The van der Waals surface area contributed by atoms with E-state index in [4.69, 9.17) is 16.6 Å². The zero-order valence-electron chi connectivity index (χ0n) is 8.03. The minimum Gasteiger partial charge on any atom is -0.478 e. The maximum atomic E-state index is 10.9. The first-order valence-corrected chi connectivity index (χ1v) is 4.35. The van der Waals surface area contributed by atoms with Crippen LogP contribution in [0.2, 0.25) is 0 Å². The van der Waals surface area contributed by atoms with Gasteiger partial charge in [-0.05, 0) is 18.6 Å². The molecule has 14 heavy (non-hydrogen) atoms. The van der Waals surface area contributed by atoms with Gasteiger partial charge in [0, 0.05) is 12.6 Å². The van der Waals surface area contributed by atoms with Crippen molar-refractivity contribution in [2.75, 3.05) is 6.54 Å². The molecule has 0 saturated carbocycles. The quantitative estimate of drug-likeness (QED) is 0.659. The van der Waals surface area contributed by atoms with Crippen LogP contribution in [0.5, 0.6) is 0 Å². The second-order valence-corrected chi connectivity index (χ2v) is 3.24. The molecule has 1 rings (SSSR count). The van der Waals surface area contributed by atoms with E-state index >= 15 is 0 Å². The number of hydrogen-bond acceptors (Lipinski definition) is 3. The van der Waals surface area contributed by atoms with Gasteiger partial charge in [-0.25, -0.2) is 4.79 Å². The zero-order chi connectivity index (χ0) is 10.7. The number of benzene rings is 1. The molecule has 0 aromatic heterocycles. The molecule has 76 valence electrons. The highest BCUT2D eigenvalue weighted by molar-refractivity contribution is 5.89. The summed E-state index contributed by atoms with van der Waals surface area (Å²) in [5, 5.41) is 8.94. The molecule has 4 heteroatoms. The minimum absolute atomic E-state index is 0.239. The third kappa shape index (κ3) is 2.10. The molecule has 0 radical (unpaired) electrons. The summed E-state index contributed by atoms with van der Waals surface area (Å²) >= 11 is 0. The van der Waals surface area contributed by atoms with Crippen molar-refractivity contribution < 1.29 is 9.90 Å². The summed E-state index contributed by atoms with van der Waals surface area (Å²) in [4.78, 5) is 10.9. The second kappa shape index (κ2) is 4.21. The van der Waals surface area contributed by atoms with Crippen molar-refractivity contribution in [2.24, 2.45) is 11.5 Å². The maximum absolute atomic E-state index is 10.9. The number of aryl methyl sites for hydroxylation is 1. The van der Waals surface area contributed by atoms with Gasteiger partial charge in [0.1, 0.15) is 0 Å². The van der Waals surface area contributed by atoms with Gasteiger partial charge in [-0.15, -0.1) is 0 Å². The van der Waals surface area contributed by atoms with Gasteiger partial charge in [0.2, 0.25) is 0 Å². The standard InChI is InChI=1S/C10H14N2O2/c1-6-2-3-7(9(12)5-11)8(4-6)10(13)14/h2-4,9H,5,11-12H2,1H3,(H,13,14)/t9-/m1/s1. The Hall–Kier alpha value is -1.39. The average molecular weight is 194 g/mol. The fourth-order valence-corrected chi connectivity index (χ4v) is 1.31. The van der Waals surface area contributed by atoms with Gasteiger partial charge in [0.05, 0.1) is 5.56 Å². The molecule has 0 heterocycles. The lowest BCUT2D eigenvalue weighted by atomic mass is 9.99. The van der Waals surface area contributed by atoms with E-state index in [1.54, 1.807) is 12.1 Å². The maximum Gasteiger partial charge on any atom is 0.336 e. The molecule has 1 aromatic carbocycles. The van der Waals surface area contributed by atoms with Crippen molar-refractivity contribution in [3.63, 3.8) is 0 Å². The number of nitrogens with two attached hydrogens (primary N) is 2. The van der Waals surface area contributed by atoms with Crippen molar-refractivity contribution in [1.29, 1.82) is 0 Å². The largest absolute Gasteiger partial charge is 0.478 e. The number of carbonyl (C=O) groups is 1. The molecule has 0 spiro atoms. The first-order valence-electron chi connectivity index (χ1n) is 4.35. The second-order valence-electron chi connectivity index (χ2n) is 3.24. The number of carboxylic acid groups (broad SMARTS) is 1. The summed E-state index contributed by atoms with van der Waals surface area (Å²) in [5.41, 5.74) is 12.8. The zero-order valence-corrected chi connectivity index (χ0v) is 8.03. The van der Waals surface area contributed by atoms with Crippen molar-refractivity contribution >= 4 is 5.97 Å². The van der Waals surface area contributed by atoms with Gasteiger partial charge in [-0.1, -0.05) is 17.7 Å². The van der Waals surface area contributed by atoms with Gasteiger partial charge in [0.15, 0.2) is 0 Å². The van der Waals surface area contributed by atoms with E-state index in [0.717, 1.165) is 5.56 Å². The minimum atomic E-state index is -0.965. The lowest BCUT2D eigenvalue weighted by molar-refractivity contribution is 0.0695. The number of hydrogen-bond donors (Lipinski definition) is 3. The van der Waals surface area contributed by atoms with Crippen LogP contribution in [0.1, 0.15) is 27.5 Å². The highest BCUT2D eigenvalue weighted by atomic mass is 16.4. The van der Waals surface area contributed by atoms with E-state index in [-0.39, 0.29) is 12.1 Å². The van der Waals surface area contributed by atoms with Gasteiger partial charge >= 0.3 is 5.97 Å². The monoisotopic (exact) mass is 194 g/mol. The predicted molar refractivity (Wildman–Crippen MR) is 54.1 cm³/mol. The van der Waals surface area contributed by atoms with E-state index in [1.165, 1.54) is 0 Å². The van der Waals surface area contributed by atoms with Crippen molar-refractivity contribution in [1.82, 2.24) is 0 Å². The molecular weight excluding hydrogens is 180 g/mol. The predicted octanol–water partition coefficient (Wildman–Crippen LogP) is 0.652. The molecule has 0 aliphatic heterocycles. The van der Waals surface area contributed by atoms with Crippen LogP contribution in [0.25, 0.3) is 0 Å². The Morgan fingerprint density at radius 2 is 2.21 bits per heavy atom. The van der Waals surface area contributed by atoms with Crippen molar-refractivity contribution in [2.45, 2.75) is 13.0 Å².